The van der Waals surface area contributed by atoms with Crippen molar-refractivity contribution in [3.63, 3.8) is 0 Å². The number of nitrogens with zero attached hydrogens (tertiary/aromatic N) is 2. The summed E-state index contributed by atoms with van der Waals surface area (Å²) in [5.41, 5.74) is 10.0. The highest BCUT2D eigenvalue weighted by Gasteiger charge is 2.64. The summed E-state index contributed by atoms with van der Waals surface area (Å²) in [6, 6.07) is 0.391. The van der Waals surface area contributed by atoms with Crippen molar-refractivity contribution in [2.24, 2.45) is 17.4 Å². The molecule has 5 aliphatic heterocycles. The van der Waals surface area contributed by atoms with Crippen molar-refractivity contribution >= 4 is 17.8 Å². The Morgan fingerprint density at radius 1 is 0.930 bits per heavy atom. The molecule has 2 fully saturated rings. The Balaban J connectivity index is 0.941. The summed E-state index contributed by atoms with van der Waals surface area (Å²) in [5, 5.41) is 17.8. The zero-order chi connectivity index (χ0) is 40.5. The molecule has 0 radical (unpaired) electrons. The summed E-state index contributed by atoms with van der Waals surface area (Å²) >= 11 is 0. The van der Waals surface area contributed by atoms with E-state index in [0.717, 1.165) is 95.9 Å². The maximum Gasteiger partial charge on any atom is 0.350 e. The number of esters is 1. The van der Waals surface area contributed by atoms with Crippen molar-refractivity contribution in [3.05, 3.63) is 12.2 Å². The molecule has 1 amide bonds. The minimum atomic E-state index is -0.761. The molecular weight excluding hydrogens is 721 g/mol. The number of aliphatic hydroxyl groups excluding tert-OH is 1. The number of hydrogen-bond donors (Lipinski definition) is 5. The molecule has 0 unspecified atom stereocenters. The third kappa shape index (κ3) is 13.1. The van der Waals surface area contributed by atoms with Crippen molar-refractivity contribution < 1.29 is 33.5 Å². The van der Waals surface area contributed by atoms with E-state index in [0.29, 0.717) is 51.7 Å². The molecule has 0 bridgehead atoms. The van der Waals surface area contributed by atoms with Crippen LogP contribution in [-0.4, -0.2) is 107 Å². The SMILES string of the molecule is CC[C@H]1C=CCC[C@@]2(C[C@@H]3CC[C@@H]4[C@H](C(=O)OCCCCCCCCCCCCCCCC(=O)N(CCCN)C[C@@H](O)CCN)[C@]5(CCC[C@@H](C)O5)NC(=[N+]34)N2)O1. The van der Waals surface area contributed by atoms with Gasteiger partial charge in [0.05, 0.1) is 37.0 Å². The van der Waals surface area contributed by atoms with Gasteiger partial charge in [-0.15, -0.1) is 0 Å². The first-order valence-corrected chi connectivity index (χ1v) is 23.5. The molecule has 57 heavy (non-hydrogen) atoms. The smallest absolute Gasteiger partial charge is 0.350 e. The second-order valence-corrected chi connectivity index (χ2v) is 17.9. The van der Waals surface area contributed by atoms with Crippen LogP contribution >= 0.6 is 0 Å². The van der Waals surface area contributed by atoms with Crippen LogP contribution < -0.4 is 22.1 Å². The van der Waals surface area contributed by atoms with Gasteiger partial charge in [-0.05, 0) is 84.2 Å². The zero-order valence-corrected chi connectivity index (χ0v) is 35.9. The Labute approximate surface area is 344 Å². The van der Waals surface area contributed by atoms with Gasteiger partial charge in [0.1, 0.15) is 0 Å². The van der Waals surface area contributed by atoms with Gasteiger partial charge in [0.25, 0.3) is 0 Å². The molecular formula is C45H81N6O6+. The number of carbonyl (C=O) groups excluding carboxylic acids is 2. The van der Waals surface area contributed by atoms with Crippen molar-refractivity contribution in [1.82, 2.24) is 15.5 Å². The number of nitrogens with one attached hydrogen (secondary N) is 2. The molecule has 5 aliphatic rings. The Morgan fingerprint density at radius 3 is 2.30 bits per heavy atom. The minimum Gasteiger partial charge on any atom is -0.465 e. The molecule has 2 spiro atoms. The fourth-order valence-electron chi connectivity index (χ4n) is 10.3. The van der Waals surface area contributed by atoms with E-state index in [1.165, 1.54) is 57.8 Å². The molecule has 7 N–H and O–H groups in total. The van der Waals surface area contributed by atoms with Gasteiger partial charge in [0.15, 0.2) is 11.6 Å². The summed E-state index contributed by atoms with van der Waals surface area (Å²) in [4.78, 5) is 28.5. The van der Waals surface area contributed by atoms with Crippen LogP contribution in [0.2, 0.25) is 0 Å². The average molecular weight is 802 g/mol. The van der Waals surface area contributed by atoms with Gasteiger partial charge in [-0.1, -0.05) is 89.7 Å². The first-order valence-electron chi connectivity index (χ1n) is 23.5. The van der Waals surface area contributed by atoms with Crippen molar-refractivity contribution in [1.29, 1.82) is 0 Å². The number of unbranched alkanes of at least 4 members (excludes halogenated alkanes) is 12. The van der Waals surface area contributed by atoms with Crippen LogP contribution in [0.3, 0.4) is 0 Å². The number of amides is 1. The first-order chi connectivity index (χ1) is 27.7. The van der Waals surface area contributed by atoms with E-state index >= 15 is 0 Å². The highest BCUT2D eigenvalue weighted by molar-refractivity contribution is 5.82. The molecule has 12 nitrogen and oxygen atoms in total. The number of allylic oxidation sites excluding steroid dienone is 1. The van der Waals surface area contributed by atoms with Crippen LogP contribution in [0.15, 0.2) is 12.2 Å². The largest absolute Gasteiger partial charge is 0.465 e. The lowest BCUT2D eigenvalue weighted by atomic mass is 9.80. The Bertz CT molecular complexity index is 1300. The van der Waals surface area contributed by atoms with Gasteiger partial charge in [-0.25, -0.2) is 10.6 Å². The topological polar surface area (TPSA) is 164 Å². The Kier molecular flexibility index (Phi) is 18.9. The summed E-state index contributed by atoms with van der Waals surface area (Å²) in [7, 11) is 0. The van der Waals surface area contributed by atoms with Crippen LogP contribution in [0.5, 0.6) is 0 Å². The zero-order valence-electron chi connectivity index (χ0n) is 35.9. The third-order valence-electron chi connectivity index (χ3n) is 13.3. The molecule has 2 saturated heterocycles. The quantitative estimate of drug-likeness (QED) is 0.0315. The van der Waals surface area contributed by atoms with E-state index in [1.54, 1.807) is 4.90 Å². The Morgan fingerprint density at radius 2 is 1.63 bits per heavy atom. The van der Waals surface area contributed by atoms with Crippen molar-refractivity contribution in [2.45, 2.75) is 216 Å². The van der Waals surface area contributed by atoms with Gasteiger partial charge in [0, 0.05) is 38.8 Å². The van der Waals surface area contributed by atoms with Crippen LogP contribution in [0.25, 0.3) is 0 Å². The number of aliphatic hydroxyl groups is 1. The lowest BCUT2D eigenvalue weighted by Crippen LogP contribution is -2.76. The molecule has 12 heteroatoms. The van der Waals surface area contributed by atoms with E-state index in [4.69, 9.17) is 25.7 Å². The van der Waals surface area contributed by atoms with Gasteiger partial charge < -0.3 is 35.7 Å². The highest BCUT2D eigenvalue weighted by atomic mass is 16.6. The lowest BCUT2D eigenvalue weighted by molar-refractivity contribution is -0.609. The average Bonchev–Trinajstić information content (AvgIpc) is 3.49. The maximum absolute atomic E-state index is 14.1. The monoisotopic (exact) mass is 802 g/mol. The molecule has 5 heterocycles. The standard InChI is InChI=1S/C45H80N6O6/c1-3-38-22-16-17-27-44(57-38)33-36-24-25-39-41(45(28-19-21-35(2)56-45)49-43(48-44)51(36)39)42(54)55-32-18-14-12-10-8-6-4-5-7-9-11-13-15-23-40(53)50(31-20-29-46)34-37(52)26-30-47/h16,22,35-39,41,52H,3-15,17-21,23-34,46-47H2,1-2H3,(H,48,49)/p+1/t35-,36+,37+,38+,39-,41-,44+,45-/m1/s1. The van der Waals surface area contributed by atoms with Crippen LogP contribution in [0.4, 0.5) is 0 Å². The number of guanidine groups is 1. The first kappa shape index (κ1) is 45.8. The lowest BCUT2D eigenvalue weighted by Gasteiger charge is -2.50. The molecule has 0 aromatic rings. The molecule has 326 valence electrons. The van der Waals surface area contributed by atoms with E-state index in [-0.39, 0.29) is 36.0 Å². The summed E-state index contributed by atoms with van der Waals surface area (Å²) in [5.74, 6) is 0.653. The van der Waals surface area contributed by atoms with E-state index in [9.17, 15) is 14.7 Å². The molecule has 0 aromatic heterocycles. The summed E-state index contributed by atoms with van der Waals surface area (Å²) in [6.07, 6.45) is 29.7. The fraction of sp³-hybridized carbons (Fsp3) is 0.889. The van der Waals surface area contributed by atoms with Crippen molar-refractivity contribution in [3.8, 4) is 0 Å². The van der Waals surface area contributed by atoms with Gasteiger partial charge in [0.2, 0.25) is 11.6 Å². The molecule has 0 saturated carbocycles. The number of hydrogen-bond acceptors (Lipinski definition) is 10. The fourth-order valence-corrected chi connectivity index (χ4v) is 10.3. The van der Waals surface area contributed by atoms with Gasteiger partial charge in [-0.3, -0.25) is 14.2 Å². The maximum atomic E-state index is 14.1. The summed E-state index contributed by atoms with van der Waals surface area (Å²) in [6.45, 7) is 6.73. The summed E-state index contributed by atoms with van der Waals surface area (Å²) < 4.78 is 22.1. The normalized spacial score (nSPS) is 29.8. The predicted molar refractivity (Wildman–Crippen MR) is 225 cm³/mol. The number of carbonyl (C=O) groups is 2. The number of rotatable bonds is 25. The van der Waals surface area contributed by atoms with E-state index in [2.05, 4.69) is 41.2 Å². The Hall–Kier alpha value is -2.25. The minimum absolute atomic E-state index is 0.0619. The second-order valence-electron chi connectivity index (χ2n) is 17.9. The molecule has 5 rings (SSSR count). The second kappa shape index (κ2) is 23.5. The van der Waals surface area contributed by atoms with Crippen LogP contribution in [-0.2, 0) is 23.8 Å². The van der Waals surface area contributed by atoms with Crippen LogP contribution in [0, 0.1) is 5.92 Å². The highest BCUT2D eigenvalue weighted by Crippen LogP contribution is 2.45. The third-order valence-corrected chi connectivity index (χ3v) is 13.3. The van der Waals surface area contributed by atoms with Crippen molar-refractivity contribution in [2.75, 3.05) is 32.8 Å². The molecule has 8 atom stereocenters. The van der Waals surface area contributed by atoms with Crippen LogP contribution in [0.1, 0.15) is 174 Å². The van der Waals surface area contributed by atoms with E-state index < -0.39 is 17.6 Å². The van der Waals surface area contributed by atoms with Gasteiger partial charge in [-0.2, -0.15) is 0 Å². The predicted octanol–water partition coefficient (Wildman–Crippen LogP) is 6.12. The molecule has 0 aromatic carbocycles. The molecule has 0 aliphatic carbocycles. The van der Waals surface area contributed by atoms with Gasteiger partial charge >= 0.3 is 11.9 Å². The number of ether oxygens (including phenoxy) is 3. The van der Waals surface area contributed by atoms with E-state index in [1.807, 2.05) is 0 Å². The number of nitrogens with two attached hydrogens (primary N) is 2.